The third kappa shape index (κ3) is 5.24. The highest BCUT2D eigenvalue weighted by atomic mass is 32.2. The van der Waals surface area contributed by atoms with Crippen LogP contribution < -0.4 is 15.0 Å². The number of nitrogens with zero attached hydrogens (tertiary/aromatic N) is 1. The van der Waals surface area contributed by atoms with Crippen LogP contribution in [0.15, 0.2) is 69.7 Å². The van der Waals surface area contributed by atoms with Crippen LogP contribution in [0.4, 0.5) is 0 Å². The standard InChI is InChI=1S/C26H24N2O7S2/c1-2-33-26(30)17-5-7-21(8-6-17)37(31,32)28(16-20-4-3-11-36-20)15-19-12-18-13-23-24(35-10-9-34-23)14-22(18)27-25(19)29/h3-8,11-14H,2,9-10,15-16H2,1H3,(H,27,29). The molecule has 5 rings (SSSR count). The molecule has 4 aromatic rings. The van der Waals surface area contributed by atoms with Crippen molar-refractivity contribution in [3.8, 4) is 11.5 Å². The fraction of sp³-hybridized carbons (Fsp3) is 0.231. The Morgan fingerprint density at radius 3 is 2.46 bits per heavy atom. The van der Waals surface area contributed by atoms with Crippen molar-refractivity contribution in [2.45, 2.75) is 24.9 Å². The molecule has 37 heavy (non-hydrogen) atoms. The minimum absolute atomic E-state index is 0.00828. The Labute approximate surface area is 217 Å². The van der Waals surface area contributed by atoms with Crippen molar-refractivity contribution in [1.82, 2.24) is 9.29 Å². The molecule has 0 bridgehead atoms. The number of carbonyl (C=O) groups is 1. The maximum absolute atomic E-state index is 13.7. The molecule has 3 heterocycles. The molecular weight excluding hydrogens is 516 g/mol. The number of sulfonamides is 1. The maximum Gasteiger partial charge on any atom is 0.338 e. The van der Waals surface area contributed by atoms with Crippen LogP contribution in [0, 0.1) is 0 Å². The van der Waals surface area contributed by atoms with Crippen molar-refractivity contribution < 1.29 is 27.4 Å². The number of aromatic nitrogens is 1. The Balaban J connectivity index is 1.50. The summed E-state index contributed by atoms with van der Waals surface area (Å²) in [7, 11) is -4.02. The average molecular weight is 541 g/mol. The molecule has 1 aliphatic rings. The highest BCUT2D eigenvalue weighted by Gasteiger charge is 2.27. The number of ether oxygens (including phenoxy) is 3. The van der Waals surface area contributed by atoms with Gasteiger partial charge in [0.1, 0.15) is 13.2 Å². The molecule has 9 nitrogen and oxygen atoms in total. The second-order valence-electron chi connectivity index (χ2n) is 8.30. The summed E-state index contributed by atoms with van der Waals surface area (Å²) < 4.78 is 44.9. The molecule has 192 valence electrons. The highest BCUT2D eigenvalue weighted by molar-refractivity contribution is 7.89. The molecule has 0 aliphatic carbocycles. The van der Waals surface area contributed by atoms with Crippen LogP contribution in [-0.4, -0.2) is 43.5 Å². The zero-order chi connectivity index (χ0) is 26.0. The van der Waals surface area contributed by atoms with Crippen molar-refractivity contribution in [3.05, 3.63) is 86.3 Å². The van der Waals surface area contributed by atoms with Crippen LogP contribution in [-0.2, 0) is 27.8 Å². The predicted octanol–water partition coefficient (Wildman–Crippen LogP) is 3.93. The van der Waals surface area contributed by atoms with E-state index in [9.17, 15) is 18.0 Å². The Morgan fingerprint density at radius 2 is 1.78 bits per heavy atom. The number of nitrogens with one attached hydrogen (secondary N) is 1. The van der Waals surface area contributed by atoms with Crippen LogP contribution in [0.3, 0.4) is 0 Å². The van der Waals surface area contributed by atoms with Gasteiger partial charge in [-0.15, -0.1) is 11.3 Å². The zero-order valence-electron chi connectivity index (χ0n) is 19.9. The minimum Gasteiger partial charge on any atom is -0.486 e. The van der Waals surface area contributed by atoms with E-state index in [0.29, 0.717) is 35.6 Å². The number of esters is 1. The van der Waals surface area contributed by atoms with Gasteiger partial charge in [0, 0.05) is 35.0 Å². The molecule has 0 saturated carbocycles. The molecule has 1 N–H and O–H groups in total. The maximum atomic E-state index is 13.7. The Bertz CT molecular complexity index is 1590. The lowest BCUT2D eigenvalue weighted by atomic mass is 10.1. The van der Waals surface area contributed by atoms with E-state index in [1.54, 1.807) is 25.1 Å². The van der Waals surface area contributed by atoms with E-state index in [-0.39, 0.29) is 35.7 Å². The van der Waals surface area contributed by atoms with Gasteiger partial charge in [0.15, 0.2) is 11.5 Å². The van der Waals surface area contributed by atoms with Gasteiger partial charge < -0.3 is 19.2 Å². The lowest BCUT2D eigenvalue weighted by Gasteiger charge is -2.22. The first-order chi connectivity index (χ1) is 17.8. The topological polar surface area (TPSA) is 115 Å². The molecule has 2 aromatic carbocycles. The number of hydrogen-bond donors (Lipinski definition) is 1. The van der Waals surface area contributed by atoms with E-state index in [1.165, 1.54) is 39.9 Å². The third-order valence-corrected chi connectivity index (χ3v) is 8.51. The van der Waals surface area contributed by atoms with Gasteiger partial charge in [-0.1, -0.05) is 6.07 Å². The number of H-pyrrole nitrogens is 1. The Kier molecular flexibility index (Phi) is 7.00. The van der Waals surface area contributed by atoms with E-state index in [2.05, 4.69) is 4.98 Å². The van der Waals surface area contributed by atoms with E-state index in [1.807, 2.05) is 17.5 Å². The summed E-state index contributed by atoms with van der Waals surface area (Å²) in [6.45, 7) is 2.70. The highest BCUT2D eigenvalue weighted by Crippen LogP contribution is 2.34. The van der Waals surface area contributed by atoms with Crippen LogP contribution in [0.5, 0.6) is 11.5 Å². The minimum atomic E-state index is -4.02. The summed E-state index contributed by atoms with van der Waals surface area (Å²) >= 11 is 1.42. The van der Waals surface area contributed by atoms with Gasteiger partial charge in [0.2, 0.25) is 10.0 Å². The first kappa shape index (κ1) is 25.0. The van der Waals surface area contributed by atoms with Gasteiger partial charge in [-0.25, -0.2) is 13.2 Å². The zero-order valence-corrected chi connectivity index (χ0v) is 21.6. The molecule has 1 aliphatic heterocycles. The Hall–Kier alpha value is -3.67. The largest absolute Gasteiger partial charge is 0.486 e. The number of hydrogen-bond acceptors (Lipinski definition) is 8. The molecular formula is C26H24N2O7S2. The number of benzene rings is 2. The van der Waals surface area contributed by atoms with E-state index >= 15 is 0 Å². The average Bonchev–Trinajstić information content (AvgIpc) is 3.41. The lowest BCUT2D eigenvalue weighted by molar-refractivity contribution is 0.0526. The number of carbonyl (C=O) groups excluding carboxylic acids is 1. The SMILES string of the molecule is CCOC(=O)c1ccc(S(=O)(=O)N(Cc2cccs2)Cc2cc3cc4c(cc3[nH]c2=O)OCCO4)cc1. The van der Waals surface area contributed by atoms with Crippen molar-refractivity contribution in [2.75, 3.05) is 19.8 Å². The van der Waals surface area contributed by atoms with Crippen molar-refractivity contribution >= 4 is 38.2 Å². The molecule has 0 amide bonds. The smallest absolute Gasteiger partial charge is 0.338 e. The first-order valence-electron chi connectivity index (χ1n) is 11.6. The summed E-state index contributed by atoms with van der Waals surface area (Å²) in [4.78, 5) is 28.6. The summed E-state index contributed by atoms with van der Waals surface area (Å²) in [6, 6.07) is 14.4. The van der Waals surface area contributed by atoms with E-state index in [4.69, 9.17) is 14.2 Å². The molecule has 0 fully saturated rings. The van der Waals surface area contributed by atoms with Crippen molar-refractivity contribution in [2.24, 2.45) is 0 Å². The molecule has 0 unspecified atom stereocenters. The lowest BCUT2D eigenvalue weighted by Crippen LogP contribution is -2.32. The number of thiophene rings is 1. The molecule has 0 spiro atoms. The van der Waals surface area contributed by atoms with Gasteiger partial charge in [-0.05, 0) is 54.8 Å². The first-order valence-corrected chi connectivity index (χ1v) is 13.9. The molecule has 2 aromatic heterocycles. The number of aromatic amines is 1. The van der Waals surface area contributed by atoms with Gasteiger partial charge in [0.05, 0.1) is 22.6 Å². The summed E-state index contributed by atoms with van der Waals surface area (Å²) in [5, 5.41) is 2.56. The summed E-state index contributed by atoms with van der Waals surface area (Å²) in [5.41, 5.74) is 0.715. The van der Waals surface area contributed by atoms with Crippen LogP contribution in [0.25, 0.3) is 10.9 Å². The third-order valence-electron chi connectivity index (χ3n) is 5.85. The molecule has 0 radical (unpaired) electrons. The van der Waals surface area contributed by atoms with Crippen molar-refractivity contribution in [3.63, 3.8) is 0 Å². The summed E-state index contributed by atoms with van der Waals surface area (Å²) in [5.74, 6) is 0.595. The summed E-state index contributed by atoms with van der Waals surface area (Å²) in [6.07, 6.45) is 0. The van der Waals surface area contributed by atoms with Gasteiger partial charge in [-0.3, -0.25) is 4.79 Å². The molecule has 0 atom stereocenters. The Morgan fingerprint density at radius 1 is 1.05 bits per heavy atom. The molecule has 11 heteroatoms. The van der Waals surface area contributed by atoms with Gasteiger partial charge in [-0.2, -0.15) is 4.31 Å². The van der Waals surface area contributed by atoms with Crippen LogP contribution in [0.1, 0.15) is 27.7 Å². The van der Waals surface area contributed by atoms with Crippen molar-refractivity contribution in [1.29, 1.82) is 0 Å². The van der Waals surface area contributed by atoms with Gasteiger partial charge in [0.25, 0.3) is 5.56 Å². The monoisotopic (exact) mass is 540 g/mol. The van der Waals surface area contributed by atoms with Crippen LogP contribution >= 0.6 is 11.3 Å². The fourth-order valence-electron chi connectivity index (χ4n) is 4.02. The van der Waals surface area contributed by atoms with E-state index < -0.39 is 21.6 Å². The predicted molar refractivity (Wildman–Crippen MR) is 139 cm³/mol. The number of rotatable bonds is 8. The second-order valence-corrected chi connectivity index (χ2v) is 11.3. The normalized spacial score (nSPS) is 13.1. The second kappa shape index (κ2) is 10.4. The van der Waals surface area contributed by atoms with E-state index in [0.717, 1.165) is 4.88 Å². The fourth-order valence-corrected chi connectivity index (χ4v) is 6.22. The number of pyridine rings is 1. The number of fused-ring (bicyclic) bond motifs is 2. The molecule has 0 saturated heterocycles. The quantitative estimate of drug-likeness (QED) is 0.337. The van der Waals surface area contributed by atoms with Crippen LogP contribution in [0.2, 0.25) is 0 Å². The van der Waals surface area contributed by atoms with Gasteiger partial charge >= 0.3 is 5.97 Å².